The molecule has 4 rings (SSSR count). The number of fused-ring (bicyclic) bond motifs is 5. The number of hydrogen-bond acceptors (Lipinski definition) is 5. The molecule has 3 heterocycles. The summed E-state index contributed by atoms with van der Waals surface area (Å²) in [5, 5.41) is 0.652. The Kier molecular flexibility index (Phi) is 3.68. The molecule has 0 saturated carbocycles. The number of esters is 1. The number of nitrogens with zero attached hydrogens (tertiary/aromatic N) is 1. The van der Waals surface area contributed by atoms with E-state index in [1.807, 2.05) is 0 Å². The lowest BCUT2D eigenvalue weighted by Gasteiger charge is -2.28. The number of anilines is 1. The maximum atomic E-state index is 13.0. The largest absolute Gasteiger partial charge is 0.462 e. The Morgan fingerprint density at radius 3 is 2.56 bits per heavy atom. The van der Waals surface area contributed by atoms with Gasteiger partial charge in [-0.3, -0.25) is 14.4 Å². The minimum absolute atomic E-state index is 0.111. The van der Waals surface area contributed by atoms with Crippen LogP contribution in [0.15, 0.2) is 30.4 Å². The third kappa shape index (κ3) is 2.39. The lowest BCUT2D eigenvalue weighted by molar-refractivity contribution is -0.150. The van der Waals surface area contributed by atoms with Crippen molar-refractivity contribution >= 4 is 46.7 Å². The van der Waals surface area contributed by atoms with Crippen LogP contribution < -0.4 is 4.90 Å². The van der Waals surface area contributed by atoms with E-state index in [-0.39, 0.29) is 12.5 Å². The van der Waals surface area contributed by atoms with Crippen molar-refractivity contribution in [2.75, 3.05) is 11.5 Å². The third-order valence-corrected chi connectivity index (χ3v) is 5.20. The zero-order valence-corrected chi connectivity index (χ0v) is 14.6. The lowest BCUT2D eigenvalue weighted by Crippen LogP contribution is -2.44. The van der Waals surface area contributed by atoms with Crippen molar-refractivity contribution in [1.29, 1.82) is 0 Å². The minimum Gasteiger partial charge on any atom is -0.462 e. The van der Waals surface area contributed by atoms with Gasteiger partial charge in [0.1, 0.15) is 12.2 Å². The lowest BCUT2D eigenvalue weighted by atomic mass is 9.77. The Balaban J connectivity index is 1.71. The molecular weight excluding hydrogens is 369 g/mol. The van der Waals surface area contributed by atoms with Gasteiger partial charge in [0.15, 0.2) is 0 Å². The zero-order chi connectivity index (χ0) is 17.9. The highest BCUT2D eigenvalue weighted by Crippen LogP contribution is 2.52. The Bertz CT molecular complexity index is 818. The van der Waals surface area contributed by atoms with Gasteiger partial charge in [0, 0.05) is 17.0 Å². The van der Waals surface area contributed by atoms with E-state index in [0.717, 1.165) is 4.90 Å². The highest BCUT2D eigenvalue weighted by Gasteiger charge is 2.68. The summed E-state index contributed by atoms with van der Waals surface area (Å²) >= 11 is 12.0. The van der Waals surface area contributed by atoms with Crippen LogP contribution in [0.4, 0.5) is 5.69 Å². The van der Waals surface area contributed by atoms with Crippen molar-refractivity contribution in [3.63, 3.8) is 0 Å². The second kappa shape index (κ2) is 5.56. The summed E-state index contributed by atoms with van der Waals surface area (Å²) in [4.78, 5) is 38.2. The van der Waals surface area contributed by atoms with Crippen LogP contribution in [0.3, 0.4) is 0 Å². The molecule has 0 aliphatic carbocycles. The molecule has 4 atom stereocenters. The standard InChI is InChI=1S/C17H13Cl2NO5/c1-8(21)24-7-17-3-2-12(25-17)13-14(17)16(23)20(15(13)22)11-5-9(18)4-10(19)6-11/h2-6,12-14H,7H2,1H3/t12-,13+,14-,17-/m1/s1. The second-order valence-corrected chi connectivity index (χ2v) is 7.19. The van der Waals surface area contributed by atoms with Crippen molar-refractivity contribution in [3.05, 3.63) is 40.4 Å². The van der Waals surface area contributed by atoms with E-state index in [4.69, 9.17) is 32.7 Å². The summed E-state index contributed by atoms with van der Waals surface area (Å²) in [6.45, 7) is 1.17. The molecule has 130 valence electrons. The first kappa shape index (κ1) is 16.6. The van der Waals surface area contributed by atoms with E-state index in [1.54, 1.807) is 12.2 Å². The molecule has 0 aromatic heterocycles. The van der Waals surface area contributed by atoms with Crippen molar-refractivity contribution in [2.24, 2.45) is 11.8 Å². The summed E-state index contributed by atoms with van der Waals surface area (Å²) in [6.07, 6.45) is 2.93. The molecule has 0 radical (unpaired) electrons. The first-order valence-corrected chi connectivity index (χ1v) is 8.42. The Morgan fingerprint density at radius 2 is 1.92 bits per heavy atom. The fourth-order valence-electron chi connectivity index (χ4n) is 3.80. The summed E-state index contributed by atoms with van der Waals surface area (Å²) in [5.74, 6) is -2.65. The minimum atomic E-state index is -1.11. The molecule has 0 unspecified atom stereocenters. The number of ether oxygens (including phenoxy) is 2. The van der Waals surface area contributed by atoms with Crippen molar-refractivity contribution in [1.82, 2.24) is 0 Å². The van der Waals surface area contributed by atoms with Gasteiger partial charge in [-0.25, -0.2) is 4.90 Å². The number of amides is 2. The van der Waals surface area contributed by atoms with E-state index in [9.17, 15) is 14.4 Å². The van der Waals surface area contributed by atoms with Crippen molar-refractivity contribution < 1.29 is 23.9 Å². The highest BCUT2D eigenvalue weighted by atomic mass is 35.5. The number of imide groups is 1. The molecule has 0 N–H and O–H groups in total. The topological polar surface area (TPSA) is 72.9 Å². The molecule has 2 saturated heterocycles. The normalized spacial score (nSPS) is 32.4. The van der Waals surface area contributed by atoms with E-state index < -0.39 is 35.4 Å². The molecular formula is C17H13Cl2NO5. The molecule has 1 aromatic carbocycles. The van der Waals surface area contributed by atoms with Gasteiger partial charge in [0.2, 0.25) is 11.8 Å². The second-order valence-electron chi connectivity index (χ2n) is 6.32. The van der Waals surface area contributed by atoms with Crippen molar-refractivity contribution in [3.8, 4) is 0 Å². The fourth-order valence-corrected chi connectivity index (χ4v) is 4.32. The average Bonchev–Trinajstić information content (AvgIpc) is 3.15. The van der Waals surface area contributed by atoms with E-state index in [1.165, 1.54) is 25.1 Å². The molecule has 1 aromatic rings. The molecule has 6 nitrogen and oxygen atoms in total. The number of rotatable bonds is 3. The third-order valence-electron chi connectivity index (χ3n) is 4.76. The number of carbonyl (C=O) groups is 3. The predicted octanol–water partition coefficient (Wildman–Crippen LogP) is 2.37. The Morgan fingerprint density at radius 1 is 1.24 bits per heavy atom. The number of halogens is 2. The van der Waals surface area contributed by atoms with Gasteiger partial charge in [-0.1, -0.05) is 29.3 Å². The quantitative estimate of drug-likeness (QED) is 0.456. The molecule has 3 aliphatic rings. The van der Waals surface area contributed by atoms with Crippen molar-refractivity contribution in [2.45, 2.75) is 18.6 Å². The van der Waals surface area contributed by atoms with Gasteiger partial charge < -0.3 is 9.47 Å². The molecule has 0 spiro atoms. The van der Waals surface area contributed by atoms with Gasteiger partial charge >= 0.3 is 5.97 Å². The van der Waals surface area contributed by atoms with Crippen LogP contribution in [0.1, 0.15) is 6.92 Å². The van der Waals surface area contributed by atoms with E-state index in [0.29, 0.717) is 15.7 Å². The SMILES string of the molecule is CC(=O)OC[C@@]12C=C[C@@H](O1)[C@@H]1C(=O)N(c3cc(Cl)cc(Cl)c3)C(=O)[C@@H]12. The van der Waals surface area contributed by atoms with Gasteiger partial charge in [0.25, 0.3) is 0 Å². The summed E-state index contributed by atoms with van der Waals surface area (Å²) in [7, 11) is 0. The van der Waals surface area contributed by atoms with E-state index in [2.05, 4.69) is 0 Å². The Labute approximate surface area is 153 Å². The number of carbonyl (C=O) groups excluding carboxylic acids is 3. The van der Waals surface area contributed by atoms with Crippen LogP contribution in [-0.4, -0.2) is 36.1 Å². The molecule has 2 fully saturated rings. The molecule has 8 heteroatoms. The van der Waals surface area contributed by atoms with Gasteiger partial charge in [-0.15, -0.1) is 0 Å². The zero-order valence-electron chi connectivity index (χ0n) is 13.1. The molecule has 2 bridgehead atoms. The van der Waals surface area contributed by atoms with Gasteiger partial charge in [0.05, 0.1) is 23.6 Å². The van der Waals surface area contributed by atoms with E-state index >= 15 is 0 Å². The van der Waals surface area contributed by atoms with Crippen LogP contribution in [0.2, 0.25) is 10.0 Å². The fraction of sp³-hybridized carbons (Fsp3) is 0.353. The van der Waals surface area contributed by atoms with Gasteiger partial charge in [-0.05, 0) is 24.3 Å². The highest BCUT2D eigenvalue weighted by molar-refractivity contribution is 6.35. The van der Waals surface area contributed by atoms with Crippen LogP contribution in [0.25, 0.3) is 0 Å². The van der Waals surface area contributed by atoms with Crippen LogP contribution in [0.5, 0.6) is 0 Å². The molecule has 2 amide bonds. The predicted molar refractivity (Wildman–Crippen MR) is 89.3 cm³/mol. The maximum absolute atomic E-state index is 13.0. The Hall–Kier alpha value is -1.89. The number of hydrogen-bond donors (Lipinski definition) is 0. The maximum Gasteiger partial charge on any atom is 0.302 e. The smallest absolute Gasteiger partial charge is 0.302 e. The summed E-state index contributed by atoms with van der Waals surface area (Å²) in [6, 6.07) is 4.55. The molecule has 3 aliphatic heterocycles. The molecule has 25 heavy (non-hydrogen) atoms. The number of benzene rings is 1. The first-order chi connectivity index (χ1) is 11.8. The van der Waals surface area contributed by atoms with Crippen LogP contribution >= 0.6 is 23.2 Å². The monoisotopic (exact) mass is 381 g/mol. The summed E-state index contributed by atoms with van der Waals surface area (Å²) < 4.78 is 10.9. The summed E-state index contributed by atoms with van der Waals surface area (Å²) in [5.41, 5.74) is -0.783. The average molecular weight is 382 g/mol. The van der Waals surface area contributed by atoms with Gasteiger partial charge in [-0.2, -0.15) is 0 Å². The van der Waals surface area contributed by atoms with Crippen LogP contribution in [0, 0.1) is 11.8 Å². The first-order valence-electron chi connectivity index (χ1n) is 7.67. The van der Waals surface area contributed by atoms with Crippen LogP contribution in [-0.2, 0) is 23.9 Å².